The summed E-state index contributed by atoms with van der Waals surface area (Å²) in [5, 5.41) is 0. The highest BCUT2D eigenvalue weighted by Gasteiger charge is 2.21. The molecule has 0 unspecified atom stereocenters. The van der Waals surface area contributed by atoms with E-state index < -0.39 is 11.6 Å². The zero-order chi connectivity index (χ0) is 15.0. The first-order valence-corrected chi connectivity index (χ1v) is 6.66. The molecule has 0 spiro atoms. The Labute approximate surface area is 121 Å². The van der Waals surface area contributed by atoms with Crippen molar-refractivity contribution in [2.75, 3.05) is 13.7 Å². The predicted molar refractivity (Wildman–Crippen MR) is 75.4 cm³/mol. The second-order valence-electron chi connectivity index (χ2n) is 4.89. The zero-order valence-corrected chi connectivity index (χ0v) is 11.6. The highest BCUT2D eigenvalue weighted by atomic mass is 19.1. The summed E-state index contributed by atoms with van der Waals surface area (Å²) in [7, 11) is 1.37. The van der Waals surface area contributed by atoms with Crippen LogP contribution in [0.2, 0.25) is 0 Å². The first-order valence-electron chi connectivity index (χ1n) is 6.66. The number of methoxy groups -OCH3 is 1. The fourth-order valence-corrected chi connectivity index (χ4v) is 2.63. The standard InChI is InChI=1S/C16H15F2NO2/c1-20-12-6-13(17)15(14(18)7-12)10-4-9-2-3-21-16(9)11(5-10)8-19/h4-7H,2-3,8,19H2,1H3. The van der Waals surface area contributed by atoms with E-state index in [1.165, 1.54) is 19.2 Å². The minimum absolute atomic E-state index is 0.0693. The maximum atomic E-state index is 14.2. The summed E-state index contributed by atoms with van der Waals surface area (Å²) >= 11 is 0. The largest absolute Gasteiger partial charge is 0.497 e. The van der Waals surface area contributed by atoms with E-state index in [9.17, 15) is 8.78 Å². The number of nitrogens with two attached hydrogens (primary N) is 1. The third-order valence-corrected chi connectivity index (χ3v) is 3.62. The Kier molecular flexibility index (Phi) is 3.51. The molecule has 0 bridgehead atoms. The molecule has 2 aromatic rings. The van der Waals surface area contributed by atoms with E-state index in [0.29, 0.717) is 12.2 Å². The number of hydrogen-bond acceptors (Lipinski definition) is 3. The van der Waals surface area contributed by atoms with Crippen LogP contribution in [0.3, 0.4) is 0 Å². The molecular formula is C16H15F2NO2. The van der Waals surface area contributed by atoms with Crippen LogP contribution in [-0.2, 0) is 13.0 Å². The Morgan fingerprint density at radius 3 is 2.52 bits per heavy atom. The molecule has 1 heterocycles. The van der Waals surface area contributed by atoms with Gasteiger partial charge in [-0.1, -0.05) is 0 Å². The van der Waals surface area contributed by atoms with E-state index in [1.807, 2.05) is 0 Å². The molecule has 21 heavy (non-hydrogen) atoms. The van der Waals surface area contributed by atoms with Gasteiger partial charge in [0, 0.05) is 30.7 Å². The highest BCUT2D eigenvalue weighted by molar-refractivity contribution is 5.70. The average Bonchev–Trinajstić information content (AvgIpc) is 2.93. The molecule has 5 heteroatoms. The van der Waals surface area contributed by atoms with Crippen molar-refractivity contribution in [1.29, 1.82) is 0 Å². The quantitative estimate of drug-likeness (QED) is 0.945. The monoisotopic (exact) mass is 291 g/mol. The Balaban J connectivity index is 2.17. The van der Waals surface area contributed by atoms with Gasteiger partial charge >= 0.3 is 0 Å². The summed E-state index contributed by atoms with van der Waals surface area (Å²) in [5.74, 6) is -0.421. The molecule has 1 aliphatic rings. The molecule has 0 fully saturated rings. The number of benzene rings is 2. The molecule has 0 radical (unpaired) electrons. The van der Waals surface area contributed by atoms with Crippen LogP contribution in [-0.4, -0.2) is 13.7 Å². The van der Waals surface area contributed by atoms with E-state index in [1.54, 1.807) is 12.1 Å². The molecule has 3 nitrogen and oxygen atoms in total. The van der Waals surface area contributed by atoms with Crippen LogP contribution in [0.1, 0.15) is 11.1 Å². The van der Waals surface area contributed by atoms with Gasteiger partial charge in [-0.2, -0.15) is 0 Å². The number of fused-ring (bicyclic) bond motifs is 1. The van der Waals surface area contributed by atoms with E-state index in [4.69, 9.17) is 15.2 Å². The Bertz CT molecular complexity index is 678. The number of hydrogen-bond donors (Lipinski definition) is 1. The first kappa shape index (κ1) is 13.8. The van der Waals surface area contributed by atoms with Crippen LogP contribution in [0.4, 0.5) is 8.78 Å². The third kappa shape index (κ3) is 2.34. The van der Waals surface area contributed by atoms with Crippen LogP contribution in [0.25, 0.3) is 11.1 Å². The van der Waals surface area contributed by atoms with E-state index in [-0.39, 0.29) is 17.9 Å². The lowest BCUT2D eigenvalue weighted by Gasteiger charge is -2.12. The second-order valence-corrected chi connectivity index (χ2v) is 4.89. The van der Waals surface area contributed by atoms with Gasteiger partial charge in [-0.3, -0.25) is 0 Å². The smallest absolute Gasteiger partial charge is 0.137 e. The van der Waals surface area contributed by atoms with Gasteiger partial charge in [0.05, 0.1) is 19.3 Å². The third-order valence-electron chi connectivity index (χ3n) is 3.62. The van der Waals surface area contributed by atoms with Gasteiger partial charge in [0.25, 0.3) is 0 Å². The normalized spacial score (nSPS) is 13.0. The zero-order valence-electron chi connectivity index (χ0n) is 11.6. The van der Waals surface area contributed by atoms with Crippen molar-refractivity contribution in [1.82, 2.24) is 0 Å². The number of ether oxygens (including phenoxy) is 2. The fourth-order valence-electron chi connectivity index (χ4n) is 2.63. The Morgan fingerprint density at radius 2 is 1.90 bits per heavy atom. The van der Waals surface area contributed by atoms with Gasteiger partial charge in [-0.25, -0.2) is 8.78 Å². The van der Waals surface area contributed by atoms with Crippen molar-refractivity contribution < 1.29 is 18.3 Å². The predicted octanol–water partition coefficient (Wildman–Crippen LogP) is 3.03. The SMILES string of the molecule is COc1cc(F)c(-c2cc(CN)c3c(c2)CCO3)c(F)c1. The summed E-state index contributed by atoms with van der Waals surface area (Å²) in [6, 6.07) is 5.78. The van der Waals surface area contributed by atoms with E-state index in [2.05, 4.69) is 0 Å². The van der Waals surface area contributed by atoms with Crippen LogP contribution in [0, 0.1) is 11.6 Å². The first-order chi connectivity index (χ1) is 10.1. The molecule has 2 aromatic carbocycles. The number of rotatable bonds is 3. The molecule has 2 N–H and O–H groups in total. The maximum Gasteiger partial charge on any atom is 0.137 e. The Morgan fingerprint density at radius 1 is 1.19 bits per heavy atom. The van der Waals surface area contributed by atoms with Gasteiger partial charge in [0.2, 0.25) is 0 Å². The summed E-state index contributed by atoms with van der Waals surface area (Å²) in [5.41, 5.74) is 7.80. The molecule has 0 saturated carbocycles. The van der Waals surface area contributed by atoms with E-state index >= 15 is 0 Å². The van der Waals surface area contributed by atoms with Crippen LogP contribution < -0.4 is 15.2 Å². The van der Waals surface area contributed by atoms with Gasteiger partial charge in [0.1, 0.15) is 23.1 Å². The topological polar surface area (TPSA) is 44.5 Å². The summed E-state index contributed by atoms with van der Waals surface area (Å²) in [6.07, 6.45) is 0.718. The molecule has 0 saturated heterocycles. The van der Waals surface area contributed by atoms with Crippen molar-refractivity contribution in [2.24, 2.45) is 5.73 Å². The molecule has 0 aliphatic carbocycles. The highest BCUT2D eigenvalue weighted by Crippen LogP contribution is 2.37. The van der Waals surface area contributed by atoms with Crippen LogP contribution in [0.15, 0.2) is 24.3 Å². The van der Waals surface area contributed by atoms with Gasteiger partial charge in [-0.15, -0.1) is 0 Å². The van der Waals surface area contributed by atoms with Crippen LogP contribution >= 0.6 is 0 Å². The minimum Gasteiger partial charge on any atom is -0.497 e. The van der Waals surface area contributed by atoms with Gasteiger partial charge < -0.3 is 15.2 Å². The number of halogens is 2. The average molecular weight is 291 g/mol. The maximum absolute atomic E-state index is 14.2. The molecule has 0 atom stereocenters. The van der Waals surface area contributed by atoms with Crippen molar-refractivity contribution in [2.45, 2.75) is 13.0 Å². The lowest BCUT2D eigenvalue weighted by atomic mass is 9.97. The van der Waals surface area contributed by atoms with E-state index in [0.717, 1.165) is 23.3 Å². The molecule has 0 aromatic heterocycles. The lowest BCUT2D eigenvalue weighted by molar-refractivity contribution is 0.353. The molecule has 0 amide bonds. The van der Waals surface area contributed by atoms with Gasteiger partial charge in [-0.05, 0) is 23.3 Å². The molecular weight excluding hydrogens is 276 g/mol. The summed E-state index contributed by atoms with van der Waals surface area (Å²) in [6.45, 7) is 0.828. The summed E-state index contributed by atoms with van der Waals surface area (Å²) in [4.78, 5) is 0. The molecule has 110 valence electrons. The second kappa shape index (κ2) is 5.33. The van der Waals surface area contributed by atoms with Gasteiger partial charge in [0.15, 0.2) is 0 Å². The van der Waals surface area contributed by atoms with Crippen molar-refractivity contribution in [3.05, 3.63) is 47.0 Å². The lowest BCUT2D eigenvalue weighted by Crippen LogP contribution is -2.01. The fraction of sp³-hybridized carbons (Fsp3) is 0.250. The summed E-state index contributed by atoms with van der Waals surface area (Å²) < 4.78 is 38.8. The molecule has 3 rings (SSSR count). The van der Waals surface area contributed by atoms with Crippen molar-refractivity contribution in [3.8, 4) is 22.6 Å². The Hall–Kier alpha value is -2.14. The molecule has 1 aliphatic heterocycles. The van der Waals surface area contributed by atoms with Crippen molar-refractivity contribution >= 4 is 0 Å². The van der Waals surface area contributed by atoms with Crippen molar-refractivity contribution in [3.63, 3.8) is 0 Å². The minimum atomic E-state index is -0.659. The van der Waals surface area contributed by atoms with Crippen LogP contribution in [0.5, 0.6) is 11.5 Å².